The van der Waals surface area contributed by atoms with Gasteiger partial charge in [-0.2, -0.15) is 0 Å². The lowest BCUT2D eigenvalue weighted by atomic mass is 9.55. The van der Waals surface area contributed by atoms with Crippen LogP contribution in [0.25, 0.3) is 0 Å². The smallest absolute Gasteiger partial charge is 0.317 e. The van der Waals surface area contributed by atoms with E-state index < -0.39 is 10.8 Å². The van der Waals surface area contributed by atoms with Gasteiger partial charge in [0, 0.05) is 12.0 Å². The molecule has 5 heteroatoms. The monoisotopic (exact) mass is 342 g/mol. The summed E-state index contributed by atoms with van der Waals surface area (Å²) in [6.45, 7) is 4.09. The maximum atomic E-state index is 13.1. The number of hydrogen-bond donors (Lipinski definition) is 0. The van der Waals surface area contributed by atoms with Crippen LogP contribution in [0.2, 0.25) is 0 Å². The fourth-order valence-corrected chi connectivity index (χ4v) is 5.69. The number of carbonyl (C=O) groups is 2. The molecule has 3 heterocycles. The van der Waals surface area contributed by atoms with Gasteiger partial charge in [0.25, 0.3) is 0 Å². The van der Waals surface area contributed by atoms with E-state index in [4.69, 9.17) is 13.9 Å². The first-order valence-corrected chi connectivity index (χ1v) is 9.15. The third kappa shape index (κ3) is 1.74. The highest BCUT2D eigenvalue weighted by Crippen LogP contribution is 2.63. The molecular formula is C20H22O5. The topological polar surface area (TPSA) is 65.7 Å². The van der Waals surface area contributed by atoms with E-state index in [-0.39, 0.29) is 30.1 Å². The SMILES string of the molecule is C[C@@H]1C[C@H]2OC(=O)[C@@]3(C)CCCC(=C23)[C@]12C[C@@H](c1ccoc1)OC2=O. The van der Waals surface area contributed by atoms with Crippen LogP contribution >= 0.6 is 0 Å². The highest BCUT2D eigenvalue weighted by molar-refractivity contribution is 5.89. The largest absolute Gasteiger partial charge is 0.472 e. The zero-order valence-electron chi connectivity index (χ0n) is 14.5. The minimum absolute atomic E-state index is 0.0916. The second-order valence-corrected chi connectivity index (χ2v) is 8.23. The molecule has 0 bridgehead atoms. The van der Waals surface area contributed by atoms with Crippen molar-refractivity contribution in [2.24, 2.45) is 16.7 Å². The Kier molecular flexibility index (Phi) is 2.91. The molecule has 5 atom stereocenters. The Morgan fingerprint density at radius 3 is 2.72 bits per heavy atom. The molecule has 1 aromatic heterocycles. The predicted molar refractivity (Wildman–Crippen MR) is 87.2 cm³/mol. The number of rotatable bonds is 1. The fraction of sp³-hybridized carbons (Fsp3) is 0.600. The second kappa shape index (κ2) is 4.77. The summed E-state index contributed by atoms with van der Waals surface area (Å²) in [5.74, 6) is -0.170. The van der Waals surface area contributed by atoms with Gasteiger partial charge < -0.3 is 13.9 Å². The molecule has 2 aliphatic carbocycles. The standard InChI is InChI=1S/C20H22O5/c1-11-8-14-16-13(4-3-6-19(16,2)17(21)24-14)20(11)9-15(25-18(20)22)12-5-7-23-10-12/h5,7,10-11,14-15H,3-4,6,8-9H2,1-2H3/t11-,14-,15+,19+,20+/m1/s1. The number of hydrogen-bond acceptors (Lipinski definition) is 5. The second-order valence-electron chi connectivity index (χ2n) is 8.23. The molecule has 0 N–H and O–H groups in total. The lowest BCUT2D eigenvalue weighted by Crippen LogP contribution is -2.45. The molecule has 2 saturated heterocycles. The first kappa shape index (κ1) is 15.2. The molecule has 25 heavy (non-hydrogen) atoms. The van der Waals surface area contributed by atoms with Gasteiger partial charge in [-0.1, -0.05) is 6.92 Å². The Labute approximate surface area is 146 Å². The van der Waals surface area contributed by atoms with E-state index >= 15 is 0 Å². The first-order valence-electron chi connectivity index (χ1n) is 9.15. The molecule has 5 nitrogen and oxygen atoms in total. The van der Waals surface area contributed by atoms with E-state index in [9.17, 15) is 9.59 Å². The Bertz CT molecular complexity index is 791. The van der Waals surface area contributed by atoms with Gasteiger partial charge >= 0.3 is 11.9 Å². The summed E-state index contributed by atoms with van der Waals surface area (Å²) in [4.78, 5) is 25.7. The van der Waals surface area contributed by atoms with E-state index in [1.54, 1.807) is 12.5 Å². The minimum atomic E-state index is -0.622. The summed E-state index contributed by atoms with van der Waals surface area (Å²) in [5.41, 5.74) is 1.95. The Balaban J connectivity index is 1.66. The van der Waals surface area contributed by atoms with Crippen molar-refractivity contribution in [1.82, 2.24) is 0 Å². The highest BCUT2D eigenvalue weighted by Gasteiger charge is 2.64. The zero-order valence-corrected chi connectivity index (χ0v) is 14.5. The summed E-state index contributed by atoms with van der Waals surface area (Å²) in [6.07, 6.45) is 6.74. The molecule has 1 aromatic rings. The number of carbonyl (C=O) groups excluding carboxylic acids is 2. The zero-order chi connectivity index (χ0) is 17.4. The Hall–Kier alpha value is -2.04. The normalized spacial score (nSPS) is 42.6. The van der Waals surface area contributed by atoms with E-state index in [0.717, 1.165) is 36.0 Å². The van der Waals surface area contributed by atoms with Crippen LogP contribution in [-0.2, 0) is 19.1 Å². The summed E-state index contributed by atoms with van der Waals surface area (Å²) >= 11 is 0. The molecule has 5 rings (SSSR count). The van der Waals surface area contributed by atoms with Crippen LogP contribution in [0.3, 0.4) is 0 Å². The average molecular weight is 342 g/mol. The molecule has 2 aliphatic heterocycles. The van der Waals surface area contributed by atoms with Crippen LogP contribution in [0.15, 0.2) is 34.2 Å². The van der Waals surface area contributed by atoms with Crippen molar-refractivity contribution in [2.45, 2.75) is 58.2 Å². The van der Waals surface area contributed by atoms with E-state index in [0.29, 0.717) is 12.8 Å². The molecular weight excluding hydrogens is 320 g/mol. The minimum Gasteiger partial charge on any atom is -0.472 e. The van der Waals surface area contributed by atoms with Crippen LogP contribution in [0.5, 0.6) is 0 Å². The first-order chi connectivity index (χ1) is 12.0. The molecule has 0 radical (unpaired) electrons. The molecule has 0 unspecified atom stereocenters. The van der Waals surface area contributed by atoms with Gasteiger partial charge in [0.15, 0.2) is 0 Å². The maximum absolute atomic E-state index is 13.1. The van der Waals surface area contributed by atoms with Crippen molar-refractivity contribution in [1.29, 1.82) is 0 Å². The van der Waals surface area contributed by atoms with Gasteiger partial charge in [0.1, 0.15) is 12.2 Å². The van der Waals surface area contributed by atoms with E-state index in [1.807, 2.05) is 13.0 Å². The molecule has 0 saturated carbocycles. The molecule has 0 aromatic carbocycles. The average Bonchev–Trinajstić information content (AvgIpc) is 3.25. The maximum Gasteiger partial charge on any atom is 0.317 e. The van der Waals surface area contributed by atoms with Gasteiger partial charge in [-0.25, -0.2) is 0 Å². The lowest BCUT2D eigenvalue weighted by Gasteiger charge is -2.45. The van der Waals surface area contributed by atoms with Crippen molar-refractivity contribution < 1.29 is 23.5 Å². The highest BCUT2D eigenvalue weighted by atomic mass is 16.6. The van der Waals surface area contributed by atoms with Crippen molar-refractivity contribution in [3.63, 3.8) is 0 Å². The van der Waals surface area contributed by atoms with Crippen LogP contribution in [0, 0.1) is 16.7 Å². The molecule has 132 valence electrons. The molecule has 4 aliphatic rings. The quantitative estimate of drug-likeness (QED) is 0.575. The van der Waals surface area contributed by atoms with Gasteiger partial charge in [-0.3, -0.25) is 9.59 Å². The predicted octanol–water partition coefficient (Wildman–Crippen LogP) is 3.71. The third-order valence-corrected chi connectivity index (χ3v) is 7.03. The Morgan fingerprint density at radius 2 is 1.96 bits per heavy atom. The Morgan fingerprint density at radius 1 is 1.16 bits per heavy atom. The fourth-order valence-electron chi connectivity index (χ4n) is 5.69. The van der Waals surface area contributed by atoms with Crippen LogP contribution < -0.4 is 0 Å². The number of esters is 2. The van der Waals surface area contributed by atoms with Gasteiger partial charge in [0.2, 0.25) is 0 Å². The third-order valence-electron chi connectivity index (χ3n) is 7.03. The van der Waals surface area contributed by atoms with E-state index in [1.165, 1.54) is 0 Å². The summed E-state index contributed by atoms with van der Waals surface area (Å²) in [6, 6.07) is 1.86. The van der Waals surface area contributed by atoms with Crippen molar-refractivity contribution in [3.05, 3.63) is 35.3 Å². The van der Waals surface area contributed by atoms with Crippen LogP contribution in [0.1, 0.15) is 57.6 Å². The number of fused-ring (bicyclic) bond motifs is 1. The van der Waals surface area contributed by atoms with Crippen molar-refractivity contribution >= 4 is 11.9 Å². The summed E-state index contributed by atoms with van der Waals surface area (Å²) in [7, 11) is 0. The van der Waals surface area contributed by atoms with Crippen LogP contribution in [-0.4, -0.2) is 18.0 Å². The van der Waals surface area contributed by atoms with Gasteiger partial charge in [-0.05, 0) is 55.7 Å². The van der Waals surface area contributed by atoms with Crippen molar-refractivity contribution in [3.8, 4) is 0 Å². The summed E-state index contributed by atoms with van der Waals surface area (Å²) in [5, 5.41) is 0. The number of ether oxygens (including phenoxy) is 2. The molecule has 2 fully saturated rings. The van der Waals surface area contributed by atoms with Crippen LogP contribution in [0.4, 0.5) is 0 Å². The molecule has 0 amide bonds. The van der Waals surface area contributed by atoms with Gasteiger partial charge in [-0.15, -0.1) is 0 Å². The summed E-state index contributed by atoms with van der Waals surface area (Å²) < 4.78 is 16.7. The molecule has 1 spiro atoms. The van der Waals surface area contributed by atoms with E-state index in [2.05, 4.69) is 6.92 Å². The van der Waals surface area contributed by atoms with Gasteiger partial charge in [0.05, 0.1) is 23.4 Å². The van der Waals surface area contributed by atoms with Crippen molar-refractivity contribution in [2.75, 3.05) is 0 Å². The number of cyclic esters (lactones) is 1. The lowest BCUT2D eigenvalue weighted by molar-refractivity contribution is -0.150. The number of furan rings is 1.